The van der Waals surface area contributed by atoms with Gasteiger partial charge in [0.25, 0.3) is 0 Å². The normalized spacial score (nSPS) is 18.7. The fourth-order valence-corrected chi connectivity index (χ4v) is 2.06. The van der Waals surface area contributed by atoms with Crippen molar-refractivity contribution < 1.29 is 4.74 Å². The quantitative estimate of drug-likeness (QED) is 0.795. The van der Waals surface area contributed by atoms with Gasteiger partial charge in [-0.15, -0.1) is 0 Å². The first kappa shape index (κ1) is 10.1. The van der Waals surface area contributed by atoms with Crippen LogP contribution in [0.4, 0.5) is 0 Å². The lowest BCUT2D eigenvalue weighted by atomic mass is 10.3. The van der Waals surface area contributed by atoms with Crippen LogP contribution in [-0.2, 0) is 18.3 Å². The lowest BCUT2D eigenvalue weighted by Crippen LogP contribution is -2.36. The third-order valence-electron chi connectivity index (χ3n) is 2.49. The topological polar surface area (TPSA) is 30.3 Å². The van der Waals surface area contributed by atoms with Gasteiger partial charge in [-0.25, -0.2) is 0 Å². The van der Waals surface area contributed by atoms with Gasteiger partial charge in [0, 0.05) is 26.7 Å². The predicted octanol–water partition coefficient (Wildman–Crippen LogP) is 1.01. The fourth-order valence-electron chi connectivity index (χ4n) is 1.59. The first-order chi connectivity index (χ1) is 6.77. The number of hydrogen-bond acceptors (Lipinski definition) is 3. The van der Waals surface area contributed by atoms with Gasteiger partial charge in [-0.3, -0.25) is 9.58 Å². The molecule has 78 valence electrons. The minimum Gasteiger partial charge on any atom is -0.379 e. The summed E-state index contributed by atoms with van der Waals surface area (Å²) in [6.45, 7) is 4.65. The largest absolute Gasteiger partial charge is 0.379 e. The number of halogens is 1. The molecule has 1 saturated heterocycles. The number of ether oxygens (including phenoxy) is 1. The van der Waals surface area contributed by atoms with Crippen LogP contribution in [0.5, 0.6) is 0 Å². The highest BCUT2D eigenvalue weighted by atomic mass is 79.9. The molecule has 0 aliphatic carbocycles. The van der Waals surface area contributed by atoms with Gasteiger partial charge in [-0.1, -0.05) is 0 Å². The first-order valence-electron chi connectivity index (χ1n) is 4.74. The summed E-state index contributed by atoms with van der Waals surface area (Å²) in [6.07, 6.45) is 1.84. The molecule has 0 unspecified atom stereocenters. The highest BCUT2D eigenvalue weighted by Crippen LogP contribution is 2.17. The second kappa shape index (κ2) is 4.42. The van der Waals surface area contributed by atoms with E-state index in [1.165, 1.54) is 5.69 Å². The zero-order chi connectivity index (χ0) is 9.97. The summed E-state index contributed by atoms with van der Waals surface area (Å²) in [7, 11) is 1.97. The molecule has 14 heavy (non-hydrogen) atoms. The summed E-state index contributed by atoms with van der Waals surface area (Å²) in [5.41, 5.74) is 1.23. The van der Waals surface area contributed by atoms with Crippen molar-refractivity contribution in [3.63, 3.8) is 0 Å². The summed E-state index contributed by atoms with van der Waals surface area (Å²) in [5.74, 6) is 0. The number of aromatic nitrogens is 2. The molecule has 0 spiro atoms. The molecule has 1 fully saturated rings. The zero-order valence-corrected chi connectivity index (χ0v) is 9.83. The van der Waals surface area contributed by atoms with E-state index in [0.29, 0.717) is 0 Å². The highest BCUT2D eigenvalue weighted by Gasteiger charge is 2.14. The van der Waals surface area contributed by atoms with E-state index >= 15 is 0 Å². The van der Waals surface area contributed by atoms with E-state index in [0.717, 1.165) is 37.3 Å². The average molecular weight is 260 g/mol. The Morgan fingerprint density at radius 2 is 2.21 bits per heavy atom. The minimum absolute atomic E-state index is 0.843. The van der Waals surface area contributed by atoms with Crippen LogP contribution in [0.2, 0.25) is 0 Å². The molecule has 4 nitrogen and oxygen atoms in total. The lowest BCUT2D eigenvalue weighted by molar-refractivity contribution is 0.0330. The van der Waals surface area contributed by atoms with Crippen molar-refractivity contribution in [3.05, 3.63) is 16.4 Å². The molecule has 1 aliphatic rings. The summed E-state index contributed by atoms with van der Waals surface area (Å²) in [4.78, 5) is 2.38. The molecular formula is C9H14BrN3O. The number of aryl methyl sites for hydroxylation is 1. The Balaban J connectivity index is 2.02. The Morgan fingerprint density at radius 3 is 2.79 bits per heavy atom. The van der Waals surface area contributed by atoms with Crippen LogP contribution in [0, 0.1) is 0 Å². The SMILES string of the molecule is Cn1ncc(Br)c1CN1CCOCC1. The molecule has 1 aromatic heterocycles. The molecule has 5 heteroatoms. The van der Waals surface area contributed by atoms with Crippen LogP contribution >= 0.6 is 15.9 Å². The van der Waals surface area contributed by atoms with E-state index in [1.807, 2.05) is 17.9 Å². The average Bonchev–Trinajstić information content (AvgIpc) is 2.51. The maximum Gasteiger partial charge on any atom is 0.0663 e. The van der Waals surface area contributed by atoms with E-state index < -0.39 is 0 Å². The minimum atomic E-state index is 0.843. The summed E-state index contributed by atoms with van der Waals surface area (Å²) in [6, 6.07) is 0. The summed E-state index contributed by atoms with van der Waals surface area (Å²) >= 11 is 3.50. The molecule has 2 heterocycles. The van der Waals surface area contributed by atoms with Crippen molar-refractivity contribution in [1.29, 1.82) is 0 Å². The van der Waals surface area contributed by atoms with Gasteiger partial charge in [0.1, 0.15) is 0 Å². The summed E-state index contributed by atoms with van der Waals surface area (Å²) in [5, 5.41) is 4.19. The van der Waals surface area contributed by atoms with Crippen LogP contribution in [0.15, 0.2) is 10.7 Å². The van der Waals surface area contributed by atoms with E-state index in [9.17, 15) is 0 Å². The molecule has 0 amide bonds. The molecule has 0 N–H and O–H groups in total. The van der Waals surface area contributed by atoms with Crippen molar-refractivity contribution >= 4 is 15.9 Å². The Kier molecular flexibility index (Phi) is 3.20. The van der Waals surface area contributed by atoms with Crippen LogP contribution in [0.25, 0.3) is 0 Å². The first-order valence-corrected chi connectivity index (χ1v) is 5.53. The lowest BCUT2D eigenvalue weighted by Gasteiger charge is -2.26. The molecule has 0 saturated carbocycles. The molecule has 0 radical (unpaired) electrons. The second-order valence-corrected chi connectivity index (χ2v) is 4.31. The Morgan fingerprint density at radius 1 is 1.50 bits per heavy atom. The second-order valence-electron chi connectivity index (χ2n) is 3.45. The van der Waals surface area contributed by atoms with E-state index in [4.69, 9.17) is 4.74 Å². The van der Waals surface area contributed by atoms with Gasteiger partial charge < -0.3 is 4.74 Å². The smallest absolute Gasteiger partial charge is 0.0663 e. The molecule has 2 rings (SSSR count). The van der Waals surface area contributed by atoms with Crippen molar-refractivity contribution in [2.24, 2.45) is 7.05 Å². The Hall–Kier alpha value is -0.390. The van der Waals surface area contributed by atoms with Crippen LogP contribution in [0.3, 0.4) is 0 Å². The fraction of sp³-hybridized carbons (Fsp3) is 0.667. The molecule has 0 atom stereocenters. The summed E-state index contributed by atoms with van der Waals surface area (Å²) < 4.78 is 8.31. The van der Waals surface area contributed by atoms with Gasteiger partial charge >= 0.3 is 0 Å². The van der Waals surface area contributed by atoms with Crippen molar-refractivity contribution in [3.8, 4) is 0 Å². The van der Waals surface area contributed by atoms with Crippen LogP contribution < -0.4 is 0 Å². The molecule has 1 aliphatic heterocycles. The maximum absolute atomic E-state index is 5.30. The third-order valence-corrected chi connectivity index (χ3v) is 3.15. The van der Waals surface area contributed by atoms with Crippen LogP contribution in [0.1, 0.15) is 5.69 Å². The number of nitrogens with zero attached hydrogens (tertiary/aromatic N) is 3. The standard InChI is InChI=1S/C9H14BrN3O/c1-12-9(8(10)6-11-12)7-13-2-4-14-5-3-13/h6H,2-5,7H2,1H3. The molecule has 1 aromatic rings. The Bertz CT molecular complexity index is 288. The molecular weight excluding hydrogens is 246 g/mol. The number of morpholine rings is 1. The number of hydrogen-bond donors (Lipinski definition) is 0. The van der Waals surface area contributed by atoms with Gasteiger partial charge in [0.2, 0.25) is 0 Å². The van der Waals surface area contributed by atoms with Crippen LogP contribution in [-0.4, -0.2) is 41.0 Å². The van der Waals surface area contributed by atoms with Gasteiger partial charge in [-0.2, -0.15) is 5.10 Å². The highest BCUT2D eigenvalue weighted by molar-refractivity contribution is 9.10. The maximum atomic E-state index is 5.30. The van der Waals surface area contributed by atoms with Crippen molar-refractivity contribution in [2.45, 2.75) is 6.54 Å². The third kappa shape index (κ3) is 2.16. The van der Waals surface area contributed by atoms with E-state index in [1.54, 1.807) is 0 Å². The molecule has 0 aromatic carbocycles. The monoisotopic (exact) mass is 259 g/mol. The van der Waals surface area contributed by atoms with E-state index in [-0.39, 0.29) is 0 Å². The van der Waals surface area contributed by atoms with Gasteiger partial charge in [0.05, 0.1) is 29.6 Å². The van der Waals surface area contributed by atoms with Crippen molar-refractivity contribution in [1.82, 2.24) is 14.7 Å². The molecule has 0 bridgehead atoms. The van der Waals surface area contributed by atoms with Gasteiger partial charge in [0.15, 0.2) is 0 Å². The predicted molar refractivity (Wildman–Crippen MR) is 57.0 cm³/mol. The van der Waals surface area contributed by atoms with Crippen molar-refractivity contribution in [2.75, 3.05) is 26.3 Å². The van der Waals surface area contributed by atoms with E-state index in [2.05, 4.69) is 25.9 Å². The van der Waals surface area contributed by atoms with Gasteiger partial charge in [-0.05, 0) is 15.9 Å². The Labute approximate surface area is 92.0 Å². The number of rotatable bonds is 2. The zero-order valence-electron chi connectivity index (χ0n) is 8.24.